The lowest BCUT2D eigenvalue weighted by molar-refractivity contribution is 0.561. The van der Waals surface area contributed by atoms with Gasteiger partial charge in [0.2, 0.25) is 0 Å². The van der Waals surface area contributed by atoms with E-state index >= 15 is 0 Å². The van der Waals surface area contributed by atoms with Crippen molar-refractivity contribution in [2.24, 2.45) is 0 Å². The van der Waals surface area contributed by atoms with Crippen molar-refractivity contribution in [3.8, 4) is 0 Å². The van der Waals surface area contributed by atoms with Crippen LogP contribution in [0.25, 0.3) is 0 Å². The maximum Gasteiger partial charge on any atom is 0.00385 e. The zero-order valence-electron chi connectivity index (χ0n) is 18.5. The number of hydrogen-bond acceptors (Lipinski definition) is 1. The molecule has 0 aliphatic carbocycles. The molecule has 0 aromatic heterocycles. The van der Waals surface area contributed by atoms with Gasteiger partial charge in [0.1, 0.15) is 0 Å². The third kappa shape index (κ3) is 22.2. The van der Waals surface area contributed by atoms with Crippen LogP contribution in [0.15, 0.2) is 0 Å². The highest BCUT2D eigenvalue weighted by Crippen LogP contribution is 2.12. The van der Waals surface area contributed by atoms with E-state index < -0.39 is 0 Å². The van der Waals surface area contributed by atoms with Crippen LogP contribution in [0.5, 0.6) is 0 Å². The molecule has 2 heteroatoms. The fourth-order valence-corrected chi connectivity index (χ4v) is 4.94. The van der Waals surface area contributed by atoms with E-state index in [1.54, 1.807) is 0 Å². The summed E-state index contributed by atoms with van der Waals surface area (Å²) in [6, 6.07) is 0. The Morgan fingerprint density at radius 2 is 0.615 bits per heavy atom. The summed E-state index contributed by atoms with van der Waals surface area (Å²) >= 11 is 0. The topological polar surface area (TPSA) is 23.9 Å². The van der Waals surface area contributed by atoms with Crippen molar-refractivity contribution in [2.45, 2.75) is 142 Å². The minimum atomic E-state index is -0.0453. The molecule has 0 saturated heterocycles. The molecular weight excluding hydrogens is 334 g/mol. The second kappa shape index (κ2) is 23.2. The highest BCUT2D eigenvalue weighted by atomic mass is 32.2. The summed E-state index contributed by atoms with van der Waals surface area (Å²) in [4.78, 5) is 0. The number of rotatable bonds is 22. The van der Waals surface area contributed by atoms with Crippen molar-refractivity contribution in [3.05, 3.63) is 0 Å². The highest BCUT2D eigenvalue weighted by Gasteiger charge is 1.98. The Hall–Kier alpha value is 0.150. The summed E-state index contributed by atoms with van der Waals surface area (Å²) in [6.07, 6.45) is 28.1. The van der Waals surface area contributed by atoms with E-state index in [9.17, 15) is 0 Å². The van der Waals surface area contributed by atoms with Gasteiger partial charge >= 0.3 is 0 Å². The Kier molecular flexibility index (Phi) is 23.3. The third-order valence-corrected chi connectivity index (χ3v) is 7.05. The zero-order chi connectivity index (χ0) is 19.1. The van der Waals surface area contributed by atoms with Crippen molar-refractivity contribution in [2.75, 3.05) is 11.5 Å². The summed E-state index contributed by atoms with van der Waals surface area (Å²) in [6.45, 7) is 4.58. The molecule has 0 fully saturated rings. The van der Waals surface area contributed by atoms with E-state index in [-0.39, 0.29) is 10.7 Å². The minimum Gasteiger partial charge on any atom is -0.280 e. The maximum atomic E-state index is 8.22. The van der Waals surface area contributed by atoms with Gasteiger partial charge in [0.05, 0.1) is 0 Å². The third-order valence-electron chi connectivity index (χ3n) is 5.49. The van der Waals surface area contributed by atoms with Gasteiger partial charge in [-0.1, -0.05) is 129 Å². The van der Waals surface area contributed by atoms with E-state index in [2.05, 4.69) is 13.8 Å². The predicted octanol–water partition coefficient (Wildman–Crippen LogP) is 9.21. The molecule has 0 aromatic carbocycles. The Labute approximate surface area is 169 Å². The molecule has 1 nitrogen and oxygen atoms in total. The van der Waals surface area contributed by atoms with Gasteiger partial charge in [-0.05, 0) is 12.8 Å². The molecule has 0 aliphatic rings. The molecule has 0 saturated carbocycles. The first-order valence-electron chi connectivity index (χ1n) is 12.2. The summed E-state index contributed by atoms with van der Waals surface area (Å²) in [5, 5.41) is 0. The largest absolute Gasteiger partial charge is 0.280 e. The van der Waals surface area contributed by atoms with Crippen LogP contribution in [-0.2, 0) is 10.7 Å². The molecule has 0 aliphatic heterocycles. The average molecular weight is 386 g/mol. The first kappa shape index (κ1) is 26.1. The zero-order valence-corrected chi connectivity index (χ0v) is 19.3. The summed E-state index contributed by atoms with van der Waals surface area (Å²) in [5.74, 6) is 2.35. The SMILES string of the molecule is CCCCCCCCCCCCS(=N)CCCCCCCCCCCC. The van der Waals surface area contributed by atoms with E-state index in [1.165, 1.54) is 140 Å². The Bertz CT molecular complexity index is 251. The van der Waals surface area contributed by atoms with Gasteiger partial charge in [-0.3, -0.25) is 4.78 Å². The van der Waals surface area contributed by atoms with Gasteiger partial charge in [0, 0.05) is 11.5 Å². The second-order valence-electron chi connectivity index (χ2n) is 8.27. The van der Waals surface area contributed by atoms with Gasteiger partial charge in [0.25, 0.3) is 0 Å². The minimum absolute atomic E-state index is 0.0453. The van der Waals surface area contributed by atoms with Crippen LogP contribution >= 0.6 is 0 Å². The van der Waals surface area contributed by atoms with Crippen molar-refractivity contribution in [1.82, 2.24) is 0 Å². The van der Waals surface area contributed by atoms with Gasteiger partial charge in [0.15, 0.2) is 0 Å². The van der Waals surface area contributed by atoms with Crippen LogP contribution in [0.2, 0.25) is 0 Å². The highest BCUT2D eigenvalue weighted by molar-refractivity contribution is 7.85. The van der Waals surface area contributed by atoms with Crippen LogP contribution in [0.1, 0.15) is 142 Å². The standard InChI is InChI=1S/C24H51NS/c1-3-5-7-9-11-13-15-17-19-21-23-26(25)24-22-20-18-16-14-12-10-8-6-4-2/h25H,3-24H2,1-2H3. The molecule has 26 heavy (non-hydrogen) atoms. The van der Waals surface area contributed by atoms with E-state index in [0.29, 0.717) is 0 Å². The Balaban J connectivity index is 3.13. The van der Waals surface area contributed by atoms with Gasteiger partial charge in [-0.15, -0.1) is 10.7 Å². The molecule has 0 bridgehead atoms. The van der Waals surface area contributed by atoms with Gasteiger partial charge in [-0.2, -0.15) is 0 Å². The molecule has 0 aromatic rings. The van der Waals surface area contributed by atoms with Gasteiger partial charge < -0.3 is 0 Å². The molecule has 0 atom stereocenters. The number of nitrogens with one attached hydrogen (secondary N) is 1. The van der Waals surface area contributed by atoms with Crippen molar-refractivity contribution >= 4 is 10.7 Å². The first-order chi connectivity index (χ1) is 12.8. The molecule has 0 rings (SSSR count). The fourth-order valence-electron chi connectivity index (χ4n) is 3.63. The molecule has 0 heterocycles. The van der Waals surface area contributed by atoms with E-state index in [0.717, 1.165) is 0 Å². The molecule has 0 spiro atoms. The quantitative estimate of drug-likeness (QED) is 0.179. The molecule has 0 radical (unpaired) electrons. The summed E-state index contributed by atoms with van der Waals surface area (Å²) in [5.41, 5.74) is 0. The van der Waals surface area contributed by atoms with Crippen LogP contribution in [0.3, 0.4) is 0 Å². The van der Waals surface area contributed by atoms with Crippen LogP contribution in [-0.4, -0.2) is 11.5 Å². The van der Waals surface area contributed by atoms with Crippen molar-refractivity contribution < 1.29 is 0 Å². The van der Waals surface area contributed by atoms with E-state index in [1.807, 2.05) is 0 Å². The maximum absolute atomic E-state index is 8.22. The normalized spacial score (nSPS) is 11.5. The molecular formula is C24H51NS. The first-order valence-corrected chi connectivity index (χ1v) is 13.8. The lowest BCUT2D eigenvalue weighted by Gasteiger charge is -2.06. The molecule has 0 unspecified atom stereocenters. The molecule has 158 valence electrons. The Morgan fingerprint density at radius 1 is 0.385 bits per heavy atom. The lowest BCUT2D eigenvalue weighted by Crippen LogP contribution is -2.01. The smallest absolute Gasteiger partial charge is 0.00385 e. The second-order valence-corrected chi connectivity index (χ2v) is 10.1. The molecule has 1 N–H and O–H groups in total. The van der Waals surface area contributed by atoms with Gasteiger partial charge in [-0.25, -0.2) is 0 Å². The fraction of sp³-hybridized carbons (Fsp3) is 1.00. The number of hydrogen-bond donors (Lipinski definition) is 1. The van der Waals surface area contributed by atoms with Crippen LogP contribution in [0.4, 0.5) is 0 Å². The average Bonchev–Trinajstić information content (AvgIpc) is 2.64. The predicted molar refractivity (Wildman–Crippen MR) is 124 cm³/mol. The molecule has 0 amide bonds. The monoisotopic (exact) mass is 385 g/mol. The lowest BCUT2D eigenvalue weighted by atomic mass is 10.1. The van der Waals surface area contributed by atoms with Crippen molar-refractivity contribution in [3.63, 3.8) is 0 Å². The van der Waals surface area contributed by atoms with E-state index in [4.69, 9.17) is 4.78 Å². The van der Waals surface area contributed by atoms with Crippen LogP contribution in [0, 0.1) is 4.78 Å². The Morgan fingerprint density at radius 3 is 0.885 bits per heavy atom. The summed E-state index contributed by atoms with van der Waals surface area (Å²) in [7, 11) is -0.0453. The van der Waals surface area contributed by atoms with Crippen LogP contribution < -0.4 is 0 Å². The summed E-state index contributed by atoms with van der Waals surface area (Å²) < 4.78 is 8.22. The van der Waals surface area contributed by atoms with Crippen molar-refractivity contribution in [1.29, 1.82) is 4.78 Å². The number of unbranched alkanes of at least 4 members (excludes halogenated alkanes) is 18.